The molecule has 9 nitrogen and oxygen atoms in total. The number of hydrogen-bond acceptors (Lipinski definition) is 7. The summed E-state index contributed by atoms with van der Waals surface area (Å²) in [5.74, 6) is -2.87. The van der Waals surface area contributed by atoms with E-state index in [0.29, 0.717) is 10.6 Å². The van der Waals surface area contributed by atoms with Gasteiger partial charge in [0, 0.05) is 46.7 Å². The third kappa shape index (κ3) is 4.85. The Morgan fingerprint density at radius 1 is 1.33 bits per heavy atom. The number of carbonyl (C=O) groups excluding carboxylic acids is 2. The first-order valence-corrected chi connectivity index (χ1v) is 9.14. The summed E-state index contributed by atoms with van der Waals surface area (Å²) in [5, 5.41) is 24.5. The van der Waals surface area contributed by atoms with Crippen molar-refractivity contribution < 1.29 is 28.5 Å². The van der Waals surface area contributed by atoms with Crippen molar-refractivity contribution in [3.63, 3.8) is 0 Å². The van der Waals surface area contributed by atoms with Gasteiger partial charge in [-0.1, -0.05) is 12.1 Å². The van der Waals surface area contributed by atoms with E-state index < -0.39 is 41.8 Å². The Balaban J connectivity index is 2.78. The van der Waals surface area contributed by atoms with Crippen LogP contribution in [0.1, 0.15) is 43.3 Å². The first-order chi connectivity index (χ1) is 15.1. The molecule has 0 saturated heterocycles. The highest BCUT2D eigenvalue weighted by atomic mass is 16.6. The van der Waals surface area contributed by atoms with E-state index in [9.17, 15) is 24.8 Å². The van der Waals surface area contributed by atoms with E-state index in [1.54, 1.807) is 6.92 Å². The maximum atomic E-state index is 13.6. The topological polar surface area (TPSA) is 122 Å². The normalized spacial score (nSPS) is 18.7. The Hall–Kier alpha value is -3.20. The van der Waals surface area contributed by atoms with Crippen molar-refractivity contribution in [2.45, 2.75) is 39.2 Å². The van der Waals surface area contributed by atoms with Crippen molar-refractivity contribution in [1.29, 1.82) is 0 Å². The maximum absolute atomic E-state index is 13.6. The van der Waals surface area contributed by atoms with Crippen LogP contribution in [0.15, 0.2) is 46.8 Å². The Bertz CT molecular complexity index is 1040. The molecular formula is C21H27N3O6. The average molecular weight is 420 g/mol. The van der Waals surface area contributed by atoms with Gasteiger partial charge < -0.3 is 20.1 Å². The second-order valence-electron chi connectivity index (χ2n) is 7.68. The van der Waals surface area contributed by atoms with Crippen molar-refractivity contribution in [2.75, 3.05) is 20.6 Å². The van der Waals surface area contributed by atoms with E-state index in [0.717, 1.165) is 7.11 Å². The number of nitrogens with zero attached hydrogens (tertiary/aromatic N) is 2. The number of nitrogens with one attached hydrogen (secondary N) is 1. The zero-order valence-corrected chi connectivity index (χ0v) is 17.5. The monoisotopic (exact) mass is 420 g/mol. The number of non-ortho nitro benzene ring substituents is 1. The fourth-order valence-corrected chi connectivity index (χ4v) is 3.41. The van der Waals surface area contributed by atoms with Crippen LogP contribution >= 0.6 is 0 Å². The van der Waals surface area contributed by atoms with Crippen LogP contribution in [0.4, 0.5) is 5.69 Å². The van der Waals surface area contributed by atoms with E-state index in [4.69, 9.17) is 8.85 Å². The van der Waals surface area contributed by atoms with Gasteiger partial charge in [0.15, 0.2) is 0 Å². The molecule has 2 N–H and O–H groups in total. The Kier molecular flexibility index (Phi) is 5.43. The Labute approximate surface area is 179 Å². The highest BCUT2D eigenvalue weighted by molar-refractivity contribution is 6.02. The molecule has 1 amide bonds. The van der Waals surface area contributed by atoms with E-state index in [2.05, 4.69) is 5.32 Å². The molecule has 0 spiro atoms. The highest BCUT2D eigenvalue weighted by Gasteiger charge is 2.39. The van der Waals surface area contributed by atoms with Crippen LogP contribution in [0.25, 0.3) is 0 Å². The van der Waals surface area contributed by atoms with Gasteiger partial charge in [-0.3, -0.25) is 14.9 Å². The summed E-state index contributed by atoms with van der Waals surface area (Å²) in [7, 11) is 1.16. The minimum absolute atomic E-state index is 0.0145. The van der Waals surface area contributed by atoms with Gasteiger partial charge in [-0.15, -0.1) is 0 Å². The molecule has 9 heteroatoms. The number of ether oxygens (including phenoxy) is 1. The number of allylic oxidation sites excluding steroid dienone is 2. The number of nitro groups is 1. The molecule has 30 heavy (non-hydrogen) atoms. The zero-order chi connectivity index (χ0) is 25.3. The van der Waals surface area contributed by atoms with E-state index in [1.807, 2.05) is 0 Å². The van der Waals surface area contributed by atoms with E-state index >= 15 is 0 Å². The summed E-state index contributed by atoms with van der Waals surface area (Å²) >= 11 is 0. The Morgan fingerprint density at radius 3 is 2.50 bits per heavy atom. The number of likely N-dealkylation sites (N-methyl/N-ethyl adjacent to an activating group) is 1. The number of methoxy groups -OCH3 is 1. The van der Waals surface area contributed by atoms with Crippen molar-refractivity contribution in [2.24, 2.45) is 0 Å². The van der Waals surface area contributed by atoms with Crippen molar-refractivity contribution in [3.8, 4) is 0 Å². The standard InChI is InChI=1S/C21H27N3O6/c1-12-16(19(25)23(5)11-21(3,4)27)18(17(13(2)22-12)20(26)30-6)14-8-7-9-15(10-14)24(28)29/h7-10,18,22,27H,11H2,1-6H3/i5D3. The summed E-state index contributed by atoms with van der Waals surface area (Å²) < 4.78 is 28.4. The van der Waals surface area contributed by atoms with Crippen molar-refractivity contribution in [3.05, 3.63) is 62.5 Å². The molecule has 0 bridgehead atoms. The molecule has 1 unspecified atom stereocenters. The molecule has 0 fully saturated rings. The van der Waals surface area contributed by atoms with Gasteiger partial charge in [0.25, 0.3) is 11.6 Å². The minimum atomic E-state index is -2.90. The third-order valence-electron chi connectivity index (χ3n) is 4.60. The molecule has 1 heterocycles. The maximum Gasteiger partial charge on any atom is 0.336 e. The number of nitro benzene ring substituents is 1. The summed E-state index contributed by atoms with van der Waals surface area (Å²) in [6.07, 6.45) is 0. The second-order valence-corrected chi connectivity index (χ2v) is 7.68. The molecule has 1 aromatic carbocycles. The molecule has 1 aliphatic heterocycles. The van der Waals surface area contributed by atoms with Crippen molar-refractivity contribution in [1.82, 2.24) is 10.2 Å². The summed E-state index contributed by atoms with van der Waals surface area (Å²) in [5.41, 5.74) is -1.01. The van der Waals surface area contributed by atoms with Crippen molar-refractivity contribution >= 4 is 17.6 Å². The molecule has 0 saturated carbocycles. The predicted octanol–water partition coefficient (Wildman–Crippen LogP) is 2.23. The minimum Gasteiger partial charge on any atom is -0.466 e. The smallest absolute Gasteiger partial charge is 0.336 e. The number of amides is 1. The fraction of sp³-hybridized carbons (Fsp3) is 0.429. The predicted molar refractivity (Wildman–Crippen MR) is 110 cm³/mol. The molecule has 2 rings (SSSR count). The largest absolute Gasteiger partial charge is 0.466 e. The molecular weight excluding hydrogens is 390 g/mol. The quantitative estimate of drug-likeness (QED) is 0.411. The molecule has 0 aromatic heterocycles. The number of esters is 1. The van der Waals surface area contributed by atoms with Gasteiger partial charge in [0.1, 0.15) is 0 Å². The lowest BCUT2D eigenvalue weighted by Crippen LogP contribution is -2.43. The number of carbonyl (C=O) groups is 2. The molecule has 1 atom stereocenters. The van der Waals surface area contributed by atoms with Crippen LogP contribution in [0.2, 0.25) is 0 Å². The molecule has 0 aliphatic carbocycles. The average Bonchev–Trinajstić information content (AvgIpc) is 2.69. The summed E-state index contributed by atoms with van der Waals surface area (Å²) in [6.45, 7) is 2.43. The van der Waals surface area contributed by atoms with Gasteiger partial charge in [0.2, 0.25) is 0 Å². The number of benzene rings is 1. The molecule has 1 aliphatic rings. The number of dihydropyridines is 1. The SMILES string of the molecule is [2H]C([2H])([2H])N(CC(C)(C)O)C(=O)C1=C(C)NC(C)=C(C(=O)OC)C1c1cccc([N+](=O)[O-])c1. The van der Waals surface area contributed by atoms with E-state index in [-0.39, 0.29) is 28.1 Å². The molecule has 162 valence electrons. The van der Waals surface area contributed by atoms with Gasteiger partial charge in [-0.05, 0) is 33.3 Å². The summed E-state index contributed by atoms with van der Waals surface area (Å²) in [4.78, 5) is 37.6. The van der Waals surface area contributed by atoms with Crippen LogP contribution in [-0.2, 0) is 14.3 Å². The first kappa shape index (κ1) is 18.8. The Morgan fingerprint density at radius 2 is 1.97 bits per heavy atom. The highest BCUT2D eigenvalue weighted by Crippen LogP contribution is 2.40. The zero-order valence-electron chi connectivity index (χ0n) is 20.5. The third-order valence-corrected chi connectivity index (χ3v) is 4.60. The van der Waals surface area contributed by atoms with Crippen LogP contribution in [0.3, 0.4) is 0 Å². The van der Waals surface area contributed by atoms with Gasteiger partial charge in [0.05, 0.1) is 29.1 Å². The fourth-order valence-electron chi connectivity index (χ4n) is 3.41. The summed E-state index contributed by atoms with van der Waals surface area (Å²) in [6, 6.07) is 5.41. The number of rotatable bonds is 6. The van der Waals surface area contributed by atoms with Gasteiger partial charge in [-0.25, -0.2) is 4.79 Å². The first-order valence-electron chi connectivity index (χ1n) is 10.6. The number of hydrogen-bond donors (Lipinski definition) is 2. The van der Waals surface area contributed by atoms with E-state index in [1.165, 1.54) is 45.0 Å². The lowest BCUT2D eigenvalue weighted by molar-refractivity contribution is -0.384. The van der Waals surface area contributed by atoms with Crippen LogP contribution in [-0.4, -0.2) is 53.0 Å². The number of aliphatic hydroxyl groups is 1. The van der Waals surface area contributed by atoms with Crippen LogP contribution in [0.5, 0.6) is 0 Å². The second kappa shape index (κ2) is 8.66. The molecule has 0 radical (unpaired) electrons. The molecule has 1 aromatic rings. The van der Waals surface area contributed by atoms with Gasteiger partial charge >= 0.3 is 5.97 Å². The van der Waals surface area contributed by atoms with Crippen LogP contribution in [0, 0.1) is 10.1 Å². The van der Waals surface area contributed by atoms with Crippen LogP contribution < -0.4 is 5.32 Å². The lowest BCUT2D eigenvalue weighted by Gasteiger charge is -2.34. The lowest BCUT2D eigenvalue weighted by atomic mass is 9.79. The van der Waals surface area contributed by atoms with Gasteiger partial charge in [-0.2, -0.15) is 0 Å².